The van der Waals surface area contributed by atoms with Crippen LogP contribution in [0.4, 0.5) is 20.5 Å². The first kappa shape index (κ1) is 31.5. The Hall–Kier alpha value is -3.12. The van der Waals surface area contributed by atoms with Crippen LogP contribution in [0.1, 0.15) is 78.2 Å². The highest BCUT2D eigenvalue weighted by Gasteiger charge is 2.30. The Morgan fingerprint density at radius 3 is 1.78 bits per heavy atom. The SMILES string of the molecule is O=C(Cc1csc(N2CCCCC2)n1)Nc1nnc([C@H]2CCC[C@H](c3nnc(NC(=O)Cc4csc(N5CCOCC5)n4)s3)C2)s1. The van der Waals surface area contributed by atoms with Gasteiger partial charge in [0.25, 0.3) is 0 Å². The van der Waals surface area contributed by atoms with E-state index in [2.05, 4.69) is 45.8 Å². The third kappa shape index (κ3) is 7.87. The minimum atomic E-state index is -0.149. The topological polar surface area (TPSA) is 151 Å². The average Bonchev–Trinajstić information content (AvgIpc) is 3.91. The molecule has 46 heavy (non-hydrogen) atoms. The first-order valence-corrected chi connectivity index (χ1v) is 19.2. The molecule has 0 unspecified atom stereocenters. The fraction of sp³-hybridized carbons (Fsp3) is 0.586. The highest BCUT2D eigenvalue weighted by atomic mass is 32.1. The van der Waals surface area contributed by atoms with Gasteiger partial charge in [0.1, 0.15) is 10.0 Å². The fourth-order valence-electron chi connectivity index (χ4n) is 6.08. The summed E-state index contributed by atoms with van der Waals surface area (Å²) in [6, 6.07) is 0. The van der Waals surface area contributed by atoms with Crippen LogP contribution in [0.3, 0.4) is 0 Å². The Morgan fingerprint density at radius 1 is 0.717 bits per heavy atom. The second-order valence-corrected chi connectivity index (χ2v) is 15.5. The molecule has 2 saturated heterocycles. The largest absolute Gasteiger partial charge is 0.378 e. The lowest BCUT2D eigenvalue weighted by molar-refractivity contribution is -0.116. The van der Waals surface area contributed by atoms with Crippen molar-refractivity contribution in [3.05, 3.63) is 32.2 Å². The van der Waals surface area contributed by atoms with Crippen molar-refractivity contribution in [2.24, 2.45) is 0 Å². The van der Waals surface area contributed by atoms with Gasteiger partial charge in [0.15, 0.2) is 10.3 Å². The summed E-state index contributed by atoms with van der Waals surface area (Å²) in [6.07, 6.45) is 8.03. The number of nitrogens with one attached hydrogen (secondary N) is 2. The standard InChI is InChI=1S/C29H36N10O3S4/c40-22(14-20-16-43-28(30-20)38-7-2-1-3-8-38)32-26-36-34-24(45-26)18-5-4-6-19(13-18)25-35-37-27(46-25)33-23(41)15-21-17-44-29(31-21)39-9-11-42-12-10-39/h16-19H,1-15H2,(H,32,36,40)(H,33,37,41)/t18-,19-/m0/s1. The van der Waals surface area contributed by atoms with Crippen molar-refractivity contribution in [2.75, 3.05) is 59.8 Å². The van der Waals surface area contributed by atoms with E-state index in [-0.39, 0.29) is 36.5 Å². The lowest BCUT2D eigenvalue weighted by Crippen LogP contribution is -2.36. The Balaban J connectivity index is 0.889. The number of morpholine rings is 1. The Labute approximate surface area is 282 Å². The molecule has 2 amide bonds. The number of hydrogen-bond donors (Lipinski definition) is 2. The van der Waals surface area contributed by atoms with Crippen molar-refractivity contribution < 1.29 is 14.3 Å². The quantitative estimate of drug-likeness (QED) is 0.232. The van der Waals surface area contributed by atoms with Gasteiger partial charge in [-0.05, 0) is 38.5 Å². The third-order valence-electron chi connectivity index (χ3n) is 8.42. The Morgan fingerprint density at radius 2 is 1.24 bits per heavy atom. The van der Waals surface area contributed by atoms with Gasteiger partial charge in [0, 0.05) is 48.8 Å². The minimum absolute atomic E-state index is 0.129. The van der Waals surface area contributed by atoms with Gasteiger partial charge in [-0.1, -0.05) is 29.1 Å². The molecule has 1 aliphatic carbocycles. The number of amides is 2. The third-order valence-corrected chi connectivity index (χ3v) is 12.3. The molecule has 2 atom stereocenters. The van der Waals surface area contributed by atoms with Crippen LogP contribution in [-0.2, 0) is 27.2 Å². The van der Waals surface area contributed by atoms with E-state index in [0.29, 0.717) is 23.5 Å². The van der Waals surface area contributed by atoms with E-state index in [1.165, 1.54) is 41.9 Å². The van der Waals surface area contributed by atoms with E-state index < -0.39 is 0 Å². The van der Waals surface area contributed by atoms with Crippen LogP contribution in [0.15, 0.2) is 10.8 Å². The van der Waals surface area contributed by atoms with E-state index in [4.69, 9.17) is 9.72 Å². The van der Waals surface area contributed by atoms with Gasteiger partial charge in [-0.25, -0.2) is 9.97 Å². The molecule has 0 bridgehead atoms. The predicted octanol–water partition coefficient (Wildman–Crippen LogP) is 4.93. The van der Waals surface area contributed by atoms with Crippen molar-refractivity contribution in [2.45, 2.75) is 69.6 Å². The zero-order valence-electron chi connectivity index (χ0n) is 25.4. The highest BCUT2D eigenvalue weighted by molar-refractivity contribution is 7.16. The summed E-state index contributed by atoms with van der Waals surface area (Å²) in [5.74, 6) is 0.191. The molecule has 244 valence electrons. The summed E-state index contributed by atoms with van der Waals surface area (Å²) in [5.41, 5.74) is 1.54. The number of piperidine rings is 1. The molecule has 4 aromatic heterocycles. The molecule has 13 nitrogen and oxygen atoms in total. The molecule has 7 rings (SSSR count). The molecule has 17 heteroatoms. The van der Waals surface area contributed by atoms with E-state index >= 15 is 0 Å². The van der Waals surface area contributed by atoms with E-state index in [1.807, 2.05) is 10.8 Å². The number of hydrogen-bond acceptors (Lipinski definition) is 15. The molecule has 3 aliphatic rings. The van der Waals surface area contributed by atoms with Gasteiger partial charge < -0.3 is 25.2 Å². The van der Waals surface area contributed by atoms with Crippen LogP contribution in [0.25, 0.3) is 0 Å². The second-order valence-electron chi connectivity index (χ2n) is 11.8. The molecule has 2 N–H and O–H groups in total. The lowest BCUT2D eigenvalue weighted by atomic mass is 9.82. The van der Waals surface area contributed by atoms with E-state index in [0.717, 1.165) is 83.5 Å². The summed E-state index contributed by atoms with van der Waals surface area (Å²) >= 11 is 6.05. The Kier molecular flexibility index (Phi) is 10.1. The van der Waals surface area contributed by atoms with Crippen LogP contribution in [0, 0.1) is 0 Å². The molecule has 2 aliphatic heterocycles. The summed E-state index contributed by atoms with van der Waals surface area (Å²) < 4.78 is 5.42. The monoisotopic (exact) mass is 700 g/mol. The molecule has 4 aromatic rings. The molecule has 0 radical (unpaired) electrons. The first-order valence-electron chi connectivity index (χ1n) is 15.8. The van der Waals surface area contributed by atoms with Crippen LogP contribution in [0.2, 0.25) is 0 Å². The van der Waals surface area contributed by atoms with Gasteiger partial charge in [-0.3, -0.25) is 9.59 Å². The smallest absolute Gasteiger partial charge is 0.232 e. The van der Waals surface area contributed by atoms with Crippen molar-refractivity contribution >= 4 is 77.7 Å². The van der Waals surface area contributed by atoms with Crippen molar-refractivity contribution in [1.82, 2.24) is 30.4 Å². The number of anilines is 4. The number of carbonyl (C=O) groups is 2. The predicted molar refractivity (Wildman–Crippen MR) is 182 cm³/mol. The maximum Gasteiger partial charge on any atom is 0.232 e. The average molecular weight is 701 g/mol. The van der Waals surface area contributed by atoms with Crippen LogP contribution in [0.5, 0.6) is 0 Å². The van der Waals surface area contributed by atoms with Gasteiger partial charge >= 0.3 is 0 Å². The number of thiazole rings is 2. The highest BCUT2D eigenvalue weighted by Crippen LogP contribution is 2.43. The summed E-state index contributed by atoms with van der Waals surface area (Å²) in [5, 5.41) is 32.0. The zero-order valence-corrected chi connectivity index (χ0v) is 28.6. The lowest BCUT2D eigenvalue weighted by Gasteiger charge is -2.26. The van der Waals surface area contributed by atoms with E-state index in [1.54, 1.807) is 22.7 Å². The molecule has 0 aromatic carbocycles. The number of nitrogens with zero attached hydrogens (tertiary/aromatic N) is 8. The van der Waals surface area contributed by atoms with Gasteiger partial charge in [0.05, 0.1) is 37.4 Å². The molecular formula is C29H36N10O3S4. The van der Waals surface area contributed by atoms with Crippen LogP contribution >= 0.6 is 45.3 Å². The molecule has 3 fully saturated rings. The van der Waals surface area contributed by atoms with Gasteiger partial charge in [0.2, 0.25) is 22.1 Å². The van der Waals surface area contributed by atoms with Crippen LogP contribution < -0.4 is 20.4 Å². The van der Waals surface area contributed by atoms with Crippen molar-refractivity contribution in [3.63, 3.8) is 0 Å². The number of aromatic nitrogens is 6. The maximum atomic E-state index is 12.8. The summed E-state index contributed by atoms with van der Waals surface area (Å²) in [4.78, 5) is 39.4. The number of rotatable bonds is 10. The minimum Gasteiger partial charge on any atom is -0.378 e. The Bertz CT molecular complexity index is 1510. The molecular weight excluding hydrogens is 665 g/mol. The number of ether oxygens (including phenoxy) is 1. The van der Waals surface area contributed by atoms with Crippen molar-refractivity contribution in [1.29, 1.82) is 0 Å². The van der Waals surface area contributed by atoms with Crippen LogP contribution in [-0.4, -0.2) is 81.6 Å². The molecule has 0 spiro atoms. The summed E-state index contributed by atoms with van der Waals surface area (Å²) in [6.45, 7) is 5.11. The summed E-state index contributed by atoms with van der Waals surface area (Å²) in [7, 11) is 0. The van der Waals surface area contributed by atoms with E-state index in [9.17, 15) is 9.59 Å². The number of carbonyl (C=O) groups excluding carboxylic acids is 2. The maximum absolute atomic E-state index is 12.8. The molecule has 1 saturated carbocycles. The second kappa shape index (κ2) is 14.8. The normalized spacial score (nSPS) is 20.5. The fourth-order valence-corrected chi connectivity index (χ4v) is 9.65. The molecule has 6 heterocycles. The van der Waals surface area contributed by atoms with Crippen molar-refractivity contribution in [3.8, 4) is 0 Å². The van der Waals surface area contributed by atoms with Gasteiger partial charge in [-0.2, -0.15) is 0 Å². The van der Waals surface area contributed by atoms with Gasteiger partial charge in [-0.15, -0.1) is 43.1 Å². The first-order chi connectivity index (χ1) is 22.6. The zero-order chi connectivity index (χ0) is 31.3.